The van der Waals surface area contributed by atoms with E-state index in [0.29, 0.717) is 21.0 Å². The molecular weight excluding hydrogens is 667 g/mol. The lowest BCUT2D eigenvalue weighted by atomic mass is 9.81. The van der Waals surface area contributed by atoms with Crippen molar-refractivity contribution in [2.75, 3.05) is 0 Å². The van der Waals surface area contributed by atoms with Crippen molar-refractivity contribution in [3.05, 3.63) is 48.0 Å². The first-order valence-corrected chi connectivity index (χ1v) is 18.9. The second kappa shape index (κ2) is 11.5. The van der Waals surface area contributed by atoms with E-state index >= 15 is 0 Å². The van der Waals surface area contributed by atoms with Gasteiger partial charge in [-0.3, -0.25) is 19.2 Å². The second-order valence-electron chi connectivity index (χ2n) is 13.1. The van der Waals surface area contributed by atoms with Crippen molar-refractivity contribution in [1.82, 2.24) is 4.57 Å². The molecule has 242 valence electrons. The molecule has 4 fully saturated rings. The van der Waals surface area contributed by atoms with Gasteiger partial charge in [0.2, 0.25) is 0 Å². The Morgan fingerprint density at radius 2 is 1.21 bits per heavy atom. The molecular formula is C36H29N3O6S3. The van der Waals surface area contributed by atoms with Crippen LogP contribution < -0.4 is 0 Å². The zero-order valence-corrected chi connectivity index (χ0v) is 28.2. The Hall–Kier alpha value is -4.13. The molecule has 0 spiro atoms. The summed E-state index contributed by atoms with van der Waals surface area (Å²) in [5, 5.41) is 1.04. The zero-order chi connectivity index (χ0) is 32.7. The molecule has 4 saturated carbocycles. The fourth-order valence-corrected chi connectivity index (χ4v) is 11.7. The van der Waals surface area contributed by atoms with E-state index in [-0.39, 0.29) is 64.8 Å². The molecule has 4 atom stereocenters. The van der Waals surface area contributed by atoms with E-state index in [1.54, 1.807) is 10.6 Å². The average Bonchev–Trinajstić information content (AvgIpc) is 3.92. The van der Waals surface area contributed by atoms with Crippen LogP contribution in [0.2, 0.25) is 0 Å². The van der Waals surface area contributed by atoms with Gasteiger partial charge in [0.25, 0.3) is 0 Å². The number of hydrogen-bond acceptors (Lipinski definition) is 11. The van der Waals surface area contributed by atoms with E-state index in [4.69, 9.17) is 4.74 Å². The smallest absolute Gasteiger partial charge is 0.419 e. The molecule has 9 rings (SSSR count). The van der Waals surface area contributed by atoms with Crippen LogP contribution >= 0.6 is 34.0 Å². The van der Waals surface area contributed by atoms with Gasteiger partial charge in [-0.25, -0.2) is 19.3 Å². The third-order valence-corrected chi connectivity index (χ3v) is 13.8. The first-order valence-electron chi connectivity index (χ1n) is 16.4. The third-order valence-electron chi connectivity index (χ3n) is 10.3. The van der Waals surface area contributed by atoms with Gasteiger partial charge in [0.05, 0.1) is 29.8 Å². The number of hydrogen-bond donors (Lipinski definition) is 0. The van der Waals surface area contributed by atoms with Crippen molar-refractivity contribution in [1.29, 1.82) is 0 Å². The van der Waals surface area contributed by atoms with Crippen molar-refractivity contribution in [3.8, 4) is 0 Å². The van der Waals surface area contributed by atoms with Crippen LogP contribution in [-0.2, 0) is 30.5 Å². The monoisotopic (exact) mass is 695 g/mol. The summed E-state index contributed by atoms with van der Waals surface area (Å²) >= 11 is 4.17. The van der Waals surface area contributed by atoms with Crippen LogP contribution in [0.25, 0.3) is 29.8 Å². The molecule has 4 unspecified atom stereocenters. The lowest BCUT2D eigenvalue weighted by molar-refractivity contribution is -0.120. The van der Waals surface area contributed by atoms with Gasteiger partial charge in [0, 0.05) is 23.7 Å². The van der Waals surface area contributed by atoms with Crippen LogP contribution in [0.4, 0.5) is 14.8 Å². The molecule has 4 aliphatic rings. The molecule has 4 aliphatic carbocycles. The highest BCUT2D eigenvalue weighted by molar-refractivity contribution is 7.37. The molecule has 0 saturated heterocycles. The van der Waals surface area contributed by atoms with Gasteiger partial charge in [-0.2, -0.15) is 0 Å². The van der Waals surface area contributed by atoms with Crippen molar-refractivity contribution < 1.29 is 28.7 Å². The Bertz CT molecular complexity index is 2230. The molecule has 1 aromatic carbocycles. The summed E-state index contributed by atoms with van der Waals surface area (Å²) in [6.45, 7) is 0.0785. The third kappa shape index (κ3) is 4.63. The summed E-state index contributed by atoms with van der Waals surface area (Å²) in [6, 6.07) is 13.1. The van der Waals surface area contributed by atoms with Crippen LogP contribution in [0.15, 0.2) is 52.4 Å². The number of ether oxygens (including phenoxy) is 1. The van der Waals surface area contributed by atoms with E-state index in [1.165, 1.54) is 34.0 Å². The Labute approximate surface area is 286 Å². The second-order valence-corrected chi connectivity index (χ2v) is 16.2. The summed E-state index contributed by atoms with van der Waals surface area (Å²) in [6.07, 6.45) is 6.16. The highest BCUT2D eigenvalue weighted by Gasteiger charge is 2.48. The molecule has 0 bridgehead atoms. The summed E-state index contributed by atoms with van der Waals surface area (Å²) in [5.41, 5.74) is 2.18. The van der Waals surface area contributed by atoms with Crippen LogP contribution in [0.1, 0.15) is 56.9 Å². The molecule has 0 radical (unpaired) electrons. The number of nitrogens with zero attached hydrogens (tertiary/aromatic N) is 3. The number of carbonyl (C=O) groups excluding carboxylic acids is 5. The molecule has 0 amide bonds. The van der Waals surface area contributed by atoms with E-state index in [2.05, 4.69) is 9.98 Å². The SMILES string of the molecule is O=C1C(=Nc2cc3c(s2)c2sc4cc(N=C5C(=O)C6CCCCC6C5=O)sc4c2n3C(=O)OCc2ccccc2)C(=O)C2CCCCC12. The number of rotatable bonds is 4. The first kappa shape index (κ1) is 30.0. The minimum absolute atomic E-state index is 0.0250. The maximum absolute atomic E-state index is 13.9. The normalized spacial score (nSPS) is 24.2. The number of aromatic nitrogens is 1. The number of aliphatic imine (C=N–C) groups is 2. The molecule has 0 aliphatic heterocycles. The van der Waals surface area contributed by atoms with E-state index < -0.39 is 6.09 Å². The van der Waals surface area contributed by atoms with Gasteiger partial charge in [-0.1, -0.05) is 56.0 Å². The number of Topliss-reactive ketones (excluding diaryl/α,β-unsaturated/α-hetero) is 4. The van der Waals surface area contributed by atoms with Crippen molar-refractivity contribution in [2.24, 2.45) is 33.7 Å². The average molecular weight is 696 g/mol. The Kier molecular flexibility index (Phi) is 7.17. The van der Waals surface area contributed by atoms with Gasteiger partial charge in [0.15, 0.2) is 34.6 Å². The quantitative estimate of drug-likeness (QED) is 0.186. The number of ketones is 4. The van der Waals surface area contributed by atoms with Gasteiger partial charge in [0.1, 0.15) is 16.6 Å². The lowest BCUT2D eigenvalue weighted by Gasteiger charge is -2.20. The number of thiophene rings is 3. The van der Waals surface area contributed by atoms with Crippen LogP contribution in [0, 0.1) is 23.7 Å². The topological polar surface area (TPSA) is 124 Å². The van der Waals surface area contributed by atoms with Crippen LogP contribution in [-0.4, -0.2) is 45.2 Å². The summed E-state index contributed by atoms with van der Waals surface area (Å²) in [4.78, 5) is 75.8. The number of fused-ring (bicyclic) bond motifs is 7. The molecule has 4 heterocycles. The number of carbonyl (C=O) groups is 5. The zero-order valence-electron chi connectivity index (χ0n) is 25.7. The van der Waals surface area contributed by atoms with Crippen molar-refractivity contribution in [2.45, 2.75) is 58.0 Å². The van der Waals surface area contributed by atoms with Gasteiger partial charge in [-0.15, -0.1) is 34.0 Å². The summed E-state index contributed by atoms with van der Waals surface area (Å²) < 4.78 is 10.7. The Morgan fingerprint density at radius 1 is 0.688 bits per heavy atom. The molecule has 48 heavy (non-hydrogen) atoms. The van der Waals surface area contributed by atoms with Gasteiger partial charge < -0.3 is 4.74 Å². The summed E-state index contributed by atoms with van der Waals surface area (Å²) in [5.74, 6) is -1.66. The fraction of sp³-hybridized carbons (Fsp3) is 0.361. The van der Waals surface area contributed by atoms with Gasteiger partial charge in [-0.05, 0) is 43.4 Å². The molecule has 0 N–H and O–H groups in total. The fourth-order valence-electron chi connectivity index (χ4n) is 8.03. The minimum atomic E-state index is -0.568. The van der Waals surface area contributed by atoms with Crippen molar-refractivity contribution in [3.63, 3.8) is 0 Å². The largest absolute Gasteiger partial charge is 0.444 e. The van der Waals surface area contributed by atoms with Crippen LogP contribution in [0.3, 0.4) is 0 Å². The van der Waals surface area contributed by atoms with Crippen molar-refractivity contribution >= 4 is 114 Å². The predicted octanol–water partition coefficient (Wildman–Crippen LogP) is 8.38. The van der Waals surface area contributed by atoms with Crippen LogP contribution in [0.5, 0.6) is 0 Å². The maximum atomic E-state index is 13.9. The highest BCUT2D eigenvalue weighted by Crippen LogP contribution is 2.50. The standard InChI is InChI=1S/C36H29N3O6S3/c40-29-18-10-4-5-11-19(18)30(41)26(29)37-24-14-22-33(47-24)35-28(39(22)36(44)45-16-17-8-2-1-3-9-17)34-23(46-35)15-25(48-34)38-27-31(42)20-12-6-7-13-21(20)32(27)43/h1-3,8-9,14-15,18-21H,4-7,10-13,16H2. The molecule has 5 aromatic rings. The Balaban J connectivity index is 1.14. The minimum Gasteiger partial charge on any atom is -0.444 e. The van der Waals surface area contributed by atoms with Gasteiger partial charge >= 0.3 is 6.09 Å². The predicted molar refractivity (Wildman–Crippen MR) is 188 cm³/mol. The van der Waals surface area contributed by atoms with E-state index in [1.807, 2.05) is 36.4 Å². The van der Waals surface area contributed by atoms with E-state index in [9.17, 15) is 24.0 Å². The highest BCUT2D eigenvalue weighted by atomic mass is 32.1. The first-order chi connectivity index (χ1) is 23.4. The van der Waals surface area contributed by atoms with E-state index in [0.717, 1.165) is 75.7 Å². The lowest BCUT2D eigenvalue weighted by Crippen LogP contribution is -2.21. The number of benzene rings is 1. The molecule has 9 nitrogen and oxygen atoms in total. The summed E-state index contributed by atoms with van der Waals surface area (Å²) in [7, 11) is 0. The maximum Gasteiger partial charge on any atom is 0.419 e. The molecule has 4 aromatic heterocycles. The Morgan fingerprint density at radius 3 is 1.77 bits per heavy atom. The molecule has 12 heteroatoms.